The van der Waals surface area contributed by atoms with Crippen LogP contribution in [-0.2, 0) is 0 Å². The summed E-state index contributed by atoms with van der Waals surface area (Å²) in [5.41, 5.74) is 5.44. The number of hydrogen-bond donors (Lipinski definition) is 1. The first-order chi connectivity index (χ1) is 6.42. The van der Waals surface area contributed by atoms with E-state index in [1.807, 2.05) is 11.9 Å². The highest BCUT2D eigenvalue weighted by molar-refractivity contribution is 4.82. The van der Waals surface area contributed by atoms with Crippen LogP contribution in [0, 0.1) is 0 Å². The molecule has 6 heteroatoms. The van der Waals surface area contributed by atoms with E-state index in [9.17, 15) is 13.2 Å². The number of nitrogens with zero attached hydrogens (tertiary/aromatic N) is 2. The van der Waals surface area contributed by atoms with Crippen LogP contribution in [0.4, 0.5) is 13.2 Å². The van der Waals surface area contributed by atoms with Crippen LogP contribution < -0.4 is 5.73 Å². The lowest BCUT2D eigenvalue weighted by Gasteiger charge is -2.39. The molecule has 0 aromatic carbocycles. The zero-order valence-corrected chi connectivity index (χ0v) is 8.22. The van der Waals surface area contributed by atoms with Gasteiger partial charge in [0, 0.05) is 32.2 Å². The second-order valence-electron chi connectivity index (χ2n) is 3.74. The van der Waals surface area contributed by atoms with Crippen LogP contribution in [0.15, 0.2) is 0 Å². The summed E-state index contributed by atoms with van der Waals surface area (Å²) in [5, 5.41) is 0. The Balaban J connectivity index is 2.50. The van der Waals surface area contributed by atoms with E-state index in [0.29, 0.717) is 19.6 Å². The number of piperazine rings is 1. The monoisotopic (exact) mass is 211 g/mol. The number of rotatable bonds is 2. The summed E-state index contributed by atoms with van der Waals surface area (Å²) in [7, 11) is 1.90. The predicted octanol–water partition coefficient (Wildman–Crippen LogP) is 0.123. The summed E-state index contributed by atoms with van der Waals surface area (Å²) in [5.74, 6) is 0. The minimum absolute atomic E-state index is 0.171. The van der Waals surface area contributed by atoms with E-state index >= 15 is 0 Å². The highest BCUT2D eigenvalue weighted by Gasteiger charge is 2.35. The van der Waals surface area contributed by atoms with E-state index in [0.717, 1.165) is 0 Å². The maximum Gasteiger partial charge on any atom is 0.401 e. The van der Waals surface area contributed by atoms with Crippen molar-refractivity contribution in [3.8, 4) is 0 Å². The molecule has 0 bridgehead atoms. The van der Waals surface area contributed by atoms with Gasteiger partial charge in [-0.15, -0.1) is 0 Å². The average molecular weight is 211 g/mol. The summed E-state index contributed by atoms with van der Waals surface area (Å²) < 4.78 is 36.5. The molecule has 1 atom stereocenters. The van der Waals surface area contributed by atoms with Crippen molar-refractivity contribution in [2.45, 2.75) is 12.2 Å². The number of nitrogens with two attached hydrogens (primary N) is 1. The lowest BCUT2D eigenvalue weighted by Crippen LogP contribution is -2.56. The van der Waals surface area contributed by atoms with Gasteiger partial charge in [0.05, 0.1) is 6.54 Å². The molecule has 14 heavy (non-hydrogen) atoms. The molecule has 0 spiro atoms. The second kappa shape index (κ2) is 4.46. The number of hydrogen-bond acceptors (Lipinski definition) is 3. The van der Waals surface area contributed by atoms with Crippen LogP contribution >= 0.6 is 0 Å². The molecule has 0 saturated carbocycles. The summed E-state index contributed by atoms with van der Waals surface area (Å²) in [6.07, 6.45) is -4.12. The van der Waals surface area contributed by atoms with Crippen molar-refractivity contribution in [1.82, 2.24) is 9.80 Å². The van der Waals surface area contributed by atoms with Crippen LogP contribution in [0.25, 0.3) is 0 Å². The lowest BCUT2D eigenvalue weighted by atomic mass is 10.2. The van der Waals surface area contributed by atoms with Gasteiger partial charge in [0.2, 0.25) is 0 Å². The Labute approximate surface area is 81.6 Å². The molecule has 1 rings (SSSR count). The van der Waals surface area contributed by atoms with E-state index in [2.05, 4.69) is 0 Å². The van der Waals surface area contributed by atoms with Crippen LogP contribution in [0.5, 0.6) is 0 Å². The van der Waals surface area contributed by atoms with Gasteiger partial charge in [-0.25, -0.2) is 0 Å². The van der Waals surface area contributed by atoms with Crippen LogP contribution in [-0.4, -0.2) is 61.8 Å². The lowest BCUT2D eigenvalue weighted by molar-refractivity contribution is -0.154. The van der Waals surface area contributed by atoms with Crippen LogP contribution in [0.1, 0.15) is 0 Å². The maximum absolute atomic E-state index is 12.2. The van der Waals surface area contributed by atoms with Gasteiger partial charge in [-0.2, -0.15) is 13.2 Å². The molecule has 1 heterocycles. The second-order valence-corrected chi connectivity index (χ2v) is 3.74. The van der Waals surface area contributed by atoms with Gasteiger partial charge < -0.3 is 10.6 Å². The Morgan fingerprint density at radius 1 is 1.36 bits per heavy atom. The van der Waals surface area contributed by atoms with E-state index < -0.39 is 12.7 Å². The Morgan fingerprint density at radius 2 is 2.00 bits per heavy atom. The molecular weight excluding hydrogens is 195 g/mol. The number of likely N-dealkylation sites (N-methyl/N-ethyl adjacent to an activating group) is 1. The third-order valence-corrected chi connectivity index (χ3v) is 2.46. The molecule has 0 aliphatic carbocycles. The first-order valence-corrected chi connectivity index (χ1v) is 4.62. The molecular formula is C8H16F3N3. The molecule has 1 saturated heterocycles. The normalized spacial score (nSPS) is 26.8. The Kier molecular flexibility index (Phi) is 3.74. The summed E-state index contributed by atoms with van der Waals surface area (Å²) >= 11 is 0. The predicted molar refractivity (Wildman–Crippen MR) is 48.0 cm³/mol. The van der Waals surface area contributed by atoms with Gasteiger partial charge in [-0.1, -0.05) is 0 Å². The molecule has 0 aromatic rings. The van der Waals surface area contributed by atoms with Crippen molar-refractivity contribution in [1.29, 1.82) is 0 Å². The Morgan fingerprint density at radius 3 is 2.50 bits per heavy atom. The minimum Gasteiger partial charge on any atom is -0.329 e. The molecule has 1 unspecified atom stereocenters. The SMILES string of the molecule is CN1CCN(CC(F)(F)F)C(CN)C1. The molecule has 1 aliphatic rings. The van der Waals surface area contributed by atoms with Gasteiger partial charge in [0.15, 0.2) is 0 Å². The van der Waals surface area contributed by atoms with Gasteiger partial charge in [0.25, 0.3) is 0 Å². The van der Waals surface area contributed by atoms with Gasteiger partial charge in [0.1, 0.15) is 0 Å². The first kappa shape index (κ1) is 11.7. The fourth-order valence-electron chi connectivity index (χ4n) is 1.71. The molecule has 3 nitrogen and oxygen atoms in total. The molecule has 84 valence electrons. The van der Waals surface area contributed by atoms with Crippen molar-refractivity contribution in [3.05, 3.63) is 0 Å². The van der Waals surface area contributed by atoms with Crippen LogP contribution in [0.3, 0.4) is 0 Å². The zero-order chi connectivity index (χ0) is 10.8. The Hall–Kier alpha value is -0.330. The third kappa shape index (κ3) is 3.43. The summed E-state index contributed by atoms with van der Waals surface area (Å²) in [4.78, 5) is 3.42. The maximum atomic E-state index is 12.2. The molecule has 1 fully saturated rings. The minimum atomic E-state index is -4.12. The van der Waals surface area contributed by atoms with E-state index in [4.69, 9.17) is 5.73 Å². The highest BCUT2D eigenvalue weighted by atomic mass is 19.4. The van der Waals surface area contributed by atoms with Crippen LogP contribution in [0.2, 0.25) is 0 Å². The third-order valence-electron chi connectivity index (χ3n) is 2.46. The largest absolute Gasteiger partial charge is 0.401 e. The average Bonchev–Trinajstić information content (AvgIpc) is 2.06. The van der Waals surface area contributed by atoms with Crippen molar-refractivity contribution in [2.24, 2.45) is 5.73 Å². The van der Waals surface area contributed by atoms with Crippen molar-refractivity contribution in [3.63, 3.8) is 0 Å². The van der Waals surface area contributed by atoms with Crippen molar-refractivity contribution < 1.29 is 13.2 Å². The first-order valence-electron chi connectivity index (χ1n) is 4.62. The fourth-order valence-corrected chi connectivity index (χ4v) is 1.71. The summed E-state index contributed by atoms with van der Waals surface area (Å²) in [6.45, 7) is 1.17. The standard InChI is InChI=1S/C8H16F3N3/c1-13-2-3-14(6-8(9,10)11)7(4-12)5-13/h7H,2-6,12H2,1H3. The fraction of sp³-hybridized carbons (Fsp3) is 1.00. The Bertz CT molecular complexity index is 183. The van der Waals surface area contributed by atoms with E-state index in [-0.39, 0.29) is 12.6 Å². The zero-order valence-electron chi connectivity index (χ0n) is 8.22. The van der Waals surface area contributed by atoms with E-state index in [1.165, 1.54) is 4.90 Å². The quantitative estimate of drug-likeness (QED) is 0.704. The molecule has 1 aliphatic heterocycles. The summed E-state index contributed by atoms with van der Waals surface area (Å²) in [6, 6.07) is -0.171. The van der Waals surface area contributed by atoms with Crippen molar-refractivity contribution >= 4 is 0 Å². The molecule has 2 N–H and O–H groups in total. The molecule has 0 amide bonds. The van der Waals surface area contributed by atoms with Gasteiger partial charge in [-0.05, 0) is 7.05 Å². The van der Waals surface area contributed by atoms with E-state index in [1.54, 1.807) is 0 Å². The highest BCUT2D eigenvalue weighted by Crippen LogP contribution is 2.19. The van der Waals surface area contributed by atoms with Crippen molar-refractivity contribution in [2.75, 3.05) is 39.8 Å². The number of alkyl halides is 3. The van der Waals surface area contributed by atoms with Gasteiger partial charge >= 0.3 is 6.18 Å². The number of halogens is 3. The smallest absolute Gasteiger partial charge is 0.329 e. The topological polar surface area (TPSA) is 32.5 Å². The molecule has 0 radical (unpaired) electrons. The van der Waals surface area contributed by atoms with Gasteiger partial charge in [-0.3, -0.25) is 4.90 Å². The molecule has 0 aromatic heterocycles.